The zero-order chi connectivity index (χ0) is 19.8. The third-order valence-corrected chi connectivity index (χ3v) is 4.79. The van der Waals surface area contributed by atoms with Crippen LogP contribution in [0.25, 0.3) is 0 Å². The highest BCUT2D eigenvalue weighted by molar-refractivity contribution is 6.13. The van der Waals surface area contributed by atoms with Crippen molar-refractivity contribution in [1.29, 1.82) is 5.41 Å². The van der Waals surface area contributed by atoms with Gasteiger partial charge in [0.2, 0.25) is 0 Å². The Kier molecular flexibility index (Phi) is 6.79. The molecule has 3 aromatic rings. The lowest BCUT2D eigenvalue weighted by Gasteiger charge is -2.18. The maximum Gasteiger partial charge on any atom is 0.135 e. The molecule has 1 aromatic heterocycles. The summed E-state index contributed by atoms with van der Waals surface area (Å²) in [6, 6.07) is 21.9. The largest absolute Gasteiger partial charge is 0.489 e. The summed E-state index contributed by atoms with van der Waals surface area (Å²) < 4.78 is 5.84. The van der Waals surface area contributed by atoms with Crippen LogP contribution in [0.2, 0.25) is 0 Å². The van der Waals surface area contributed by atoms with Gasteiger partial charge < -0.3 is 10.1 Å². The topological polar surface area (TPSA) is 58.0 Å². The Morgan fingerprint density at radius 2 is 1.68 bits per heavy atom. The molecule has 0 atom stereocenters. The van der Waals surface area contributed by atoms with Gasteiger partial charge in [-0.25, -0.2) is 4.98 Å². The van der Waals surface area contributed by atoms with Gasteiger partial charge in [0.05, 0.1) is 5.71 Å². The molecule has 28 heavy (non-hydrogen) atoms. The monoisotopic (exact) mass is 373 g/mol. The van der Waals surface area contributed by atoms with Gasteiger partial charge in [-0.2, -0.15) is 0 Å². The Bertz CT molecular complexity index is 887. The van der Waals surface area contributed by atoms with E-state index >= 15 is 0 Å². The third-order valence-electron chi connectivity index (χ3n) is 4.79. The fraction of sp³-hybridized carbons (Fsp3) is 0.250. The minimum Gasteiger partial charge on any atom is -0.489 e. The molecule has 0 aliphatic carbocycles. The van der Waals surface area contributed by atoms with Crippen molar-refractivity contribution in [2.75, 3.05) is 5.32 Å². The fourth-order valence-electron chi connectivity index (χ4n) is 3.02. The van der Waals surface area contributed by atoms with Gasteiger partial charge in [-0.15, -0.1) is 0 Å². The number of benzene rings is 2. The molecule has 0 spiro atoms. The number of hydrogen-bond donors (Lipinski definition) is 2. The van der Waals surface area contributed by atoms with Crippen molar-refractivity contribution in [2.24, 2.45) is 0 Å². The third kappa shape index (κ3) is 4.97. The Morgan fingerprint density at radius 1 is 0.964 bits per heavy atom. The molecular formula is C24H27N3O. The first-order valence-corrected chi connectivity index (χ1v) is 9.78. The van der Waals surface area contributed by atoms with Crippen LogP contribution in [0.5, 0.6) is 5.75 Å². The number of anilines is 1. The van der Waals surface area contributed by atoms with Gasteiger partial charge in [-0.05, 0) is 54.8 Å². The van der Waals surface area contributed by atoms with Gasteiger partial charge in [-0.1, -0.05) is 44.2 Å². The molecule has 2 N–H and O–H groups in total. The first-order valence-electron chi connectivity index (χ1n) is 9.78. The normalized spacial score (nSPS) is 10.7. The molecule has 0 aliphatic heterocycles. The van der Waals surface area contributed by atoms with E-state index in [4.69, 9.17) is 10.1 Å². The van der Waals surface area contributed by atoms with Crippen LogP contribution >= 0.6 is 0 Å². The number of nitrogens with one attached hydrogen (secondary N) is 2. The van der Waals surface area contributed by atoms with Crippen molar-refractivity contribution < 1.29 is 4.74 Å². The van der Waals surface area contributed by atoms with Crippen LogP contribution in [0.3, 0.4) is 0 Å². The molecule has 144 valence electrons. The summed E-state index contributed by atoms with van der Waals surface area (Å²) in [5, 5.41) is 12.1. The van der Waals surface area contributed by atoms with Crippen LogP contribution in [0, 0.1) is 5.41 Å². The highest BCUT2D eigenvalue weighted by Gasteiger charge is 2.13. The van der Waals surface area contributed by atoms with E-state index in [2.05, 4.69) is 24.1 Å². The molecule has 4 heteroatoms. The molecule has 0 saturated heterocycles. The second kappa shape index (κ2) is 9.70. The van der Waals surface area contributed by atoms with Crippen LogP contribution < -0.4 is 10.1 Å². The number of nitrogens with zero attached hydrogens (tertiary/aromatic N) is 1. The van der Waals surface area contributed by atoms with Crippen LogP contribution in [0.15, 0.2) is 72.9 Å². The fourth-order valence-corrected chi connectivity index (χ4v) is 3.02. The average molecular weight is 374 g/mol. The molecule has 0 bridgehead atoms. The van der Waals surface area contributed by atoms with Crippen molar-refractivity contribution in [2.45, 2.75) is 39.3 Å². The quantitative estimate of drug-likeness (QED) is 0.475. The predicted molar refractivity (Wildman–Crippen MR) is 115 cm³/mol. The summed E-state index contributed by atoms with van der Waals surface area (Å²) in [6.07, 6.45) is 3.81. The zero-order valence-electron chi connectivity index (χ0n) is 16.5. The highest BCUT2D eigenvalue weighted by Crippen LogP contribution is 2.21. The minimum absolute atomic E-state index is 0.357. The first-order chi connectivity index (χ1) is 13.7. The summed E-state index contributed by atoms with van der Waals surface area (Å²) in [6.45, 7) is 4.84. The Hall–Kier alpha value is -3.14. The van der Waals surface area contributed by atoms with Crippen LogP contribution in [-0.2, 0) is 6.61 Å². The lowest BCUT2D eigenvalue weighted by atomic mass is 10.0. The van der Waals surface area contributed by atoms with Gasteiger partial charge >= 0.3 is 0 Å². The minimum atomic E-state index is 0.357. The second-order valence-corrected chi connectivity index (χ2v) is 6.73. The van der Waals surface area contributed by atoms with E-state index in [1.54, 1.807) is 6.20 Å². The lowest BCUT2D eigenvalue weighted by Crippen LogP contribution is -2.20. The molecule has 4 nitrogen and oxygen atoms in total. The van der Waals surface area contributed by atoms with Crippen molar-refractivity contribution in [3.63, 3.8) is 0 Å². The van der Waals surface area contributed by atoms with E-state index in [1.807, 2.05) is 66.7 Å². The van der Waals surface area contributed by atoms with Crippen LogP contribution in [0.4, 0.5) is 5.82 Å². The van der Waals surface area contributed by atoms with E-state index in [0.717, 1.165) is 41.1 Å². The molecule has 0 fully saturated rings. The van der Waals surface area contributed by atoms with Gasteiger partial charge in [0, 0.05) is 23.4 Å². The molecule has 1 heterocycles. The number of aromatic nitrogens is 1. The van der Waals surface area contributed by atoms with E-state index in [-0.39, 0.29) is 0 Å². The Balaban J connectivity index is 1.71. The van der Waals surface area contributed by atoms with Crippen LogP contribution in [0.1, 0.15) is 43.4 Å². The molecule has 0 saturated carbocycles. The average Bonchev–Trinajstić information content (AvgIpc) is 2.77. The van der Waals surface area contributed by atoms with Gasteiger partial charge in [0.25, 0.3) is 0 Å². The molecule has 3 rings (SSSR count). The number of ether oxygens (including phenoxy) is 1. The molecule has 0 aliphatic rings. The van der Waals surface area contributed by atoms with Crippen LogP contribution in [-0.4, -0.2) is 16.7 Å². The highest BCUT2D eigenvalue weighted by atomic mass is 16.5. The van der Waals surface area contributed by atoms with E-state index < -0.39 is 0 Å². The smallest absolute Gasteiger partial charge is 0.135 e. The number of rotatable bonds is 9. The molecular weight excluding hydrogens is 346 g/mol. The Labute approximate surface area is 167 Å². The summed E-state index contributed by atoms with van der Waals surface area (Å²) >= 11 is 0. The van der Waals surface area contributed by atoms with Crippen molar-refractivity contribution in [1.82, 2.24) is 4.98 Å². The first kappa shape index (κ1) is 19.6. The van der Waals surface area contributed by atoms with Gasteiger partial charge in [-0.3, -0.25) is 5.41 Å². The van der Waals surface area contributed by atoms with E-state index in [9.17, 15) is 0 Å². The zero-order valence-corrected chi connectivity index (χ0v) is 16.5. The summed E-state index contributed by atoms with van der Waals surface area (Å²) in [4.78, 5) is 4.46. The molecule has 2 aromatic carbocycles. The SMILES string of the molecule is CCC(CC)Nc1ncccc1C(=N)c1ccc(OCc2ccccc2)cc1. The predicted octanol–water partition coefficient (Wildman–Crippen LogP) is 5.68. The number of hydrogen-bond acceptors (Lipinski definition) is 4. The summed E-state index contributed by atoms with van der Waals surface area (Å²) in [7, 11) is 0. The molecule has 0 radical (unpaired) electrons. The van der Waals surface area contributed by atoms with Gasteiger partial charge in [0.15, 0.2) is 0 Å². The summed E-state index contributed by atoms with van der Waals surface area (Å²) in [5.74, 6) is 1.56. The Morgan fingerprint density at radius 3 is 2.36 bits per heavy atom. The summed E-state index contributed by atoms with van der Waals surface area (Å²) in [5.41, 5.74) is 3.24. The van der Waals surface area contributed by atoms with Gasteiger partial charge in [0.1, 0.15) is 18.2 Å². The van der Waals surface area contributed by atoms with E-state index in [1.165, 1.54) is 0 Å². The van der Waals surface area contributed by atoms with Crippen molar-refractivity contribution >= 4 is 11.5 Å². The van der Waals surface area contributed by atoms with E-state index in [0.29, 0.717) is 18.4 Å². The van der Waals surface area contributed by atoms with Crippen molar-refractivity contribution in [3.05, 3.63) is 89.6 Å². The van der Waals surface area contributed by atoms with Crippen molar-refractivity contribution in [3.8, 4) is 5.75 Å². The standard InChI is InChI=1S/C24H27N3O/c1-3-20(4-2)27-24-22(11-8-16-26-24)23(25)19-12-14-21(15-13-19)28-17-18-9-6-5-7-10-18/h5-16,20,25H,3-4,17H2,1-2H3,(H,26,27). The lowest BCUT2D eigenvalue weighted by molar-refractivity contribution is 0.306. The number of pyridine rings is 1. The second-order valence-electron chi connectivity index (χ2n) is 6.73. The molecule has 0 amide bonds. The maximum atomic E-state index is 8.66. The molecule has 0 unspecified atom stereocenters. The maximum absolute atomic E-state index is 8.66.